The predicted octanol–water partition coefficient (Wildman–Crippen LogP) is 2.68. The fraction of sp³-hybridized carbons (Fsp3) is 0.353. The maximum atomic E-state index is 12.0. The van der Waals surface area contributed by atoms with Gasteiger partial charge in [-0.15, -0.1) is 11.3 Å². The van der Waals surface area contributed by atoms with Crippen molar-refractivity contribution in [2.24, 2.45) is 11.1 Å². The third kappa shape index (κ3) is 4.55. The molecule has 0 fully saturated rings. The van der Waals surface area contributed by atoms with E-state index in [-0.39, 0.29) is 18.6 Å². The van der Waals surface area contributed by atoms with Crippen LogP contribution in [0.1, 0.15) is 31.8 Å². The monoisotopic (exact) mass is 346 g/mol. The van der Waals surface area contributed by atoms with E-state index in [1.165, 1.54) is 11.3 Å². The quantitative estimate of drug-likeness (QED) is 0.750. The molecule has 1 aromatic carbocycles. The summed E-state index contributed by atoms with van der Waals surface area (Å²) in [5.74, 6) is -0.455. The Morgan fingerprint density at radius 1 is 1.29 bits per heavy atom. The molecule has 7 heteroatoms. The van der Waals surface area contributed by atoms with Gasteiger partial charge in [0.2, 0.25) is 5.91 Å². The molecule has 0 aliphatic carbocycles. The number of rotatable bonds is 6. The van der Waals surface area contributed by atoms with Gasteiger partial charge >= 0.3 is 6.03 Å². The number of primary amides is 1. The maximum Gasteiger partial charge on any atom is 0.315 e. The second-order valence-electron chi connectivity index (χ2n) is 6.23. The van der Waals surface area contributed by atoms with Crippen molar-refractivity contribution < 1.29 is 9.59 Å². The third-order valence-electron chi connectivity index (χ3n) is 3.67. The van der Waals surface area contributed by atoms with E-state index < -0.39 is 11.3 Å². The fourth-order valence-electron chi connectivity index (χ4n) is 1.93. The van der Waals surface area contributed by atoms with Gasteiger partial charge in [0.15, 0.2) is 0 Å². The minimum absolute atomic E-state index is 0.175. The fourth-order valence-corrected chi connectivity index (χ4v) is 2.76. The molecule has 0 saturated carbocycles. The molecule has 0 aliphatic rings. The zero-order chi connectivity index (χ0) is 17.7. The molecule has 2 rings (SSSR count). The van der Waals surface area contributed by atoms with E-state index in [1.54, 1.807) is 13.8 Å². The molecule has 6 nitrogen and oxygen atoms in total. The zero-order valence-electron chi connectivity index (χ0n) is 14.0. The third-order valence-corrected chi connectivity index (χ3v) is 4.69. The van der Waals surface area contributed by atoms with Crippen LogP contribution in [-0.4, -0.2) is 23.5 Å². The van der Waals surface area contributed by atoms with Gasteiger partial charge < -0.3 is 16.4 Å². The lowest BCUT2D eigenvalue weighted by Crippen LogP contribution is -2.46. The highest BCUT2D eigenvalue weighted by atomic mass is 32.1. The van der Waals surface area contributed by atoms with Crippen molar-refractivity contribution in [3.05, 3.63) is 40.7 Å². The minimum Gasteiger partial charge on any atom is -0.369 e. The van der Waals surface area contributed by atoms with E-state index in [1.807, 2.05) is 42.6 Å². The van der Waals surface area contributed by atoms with Crippen molar-refractivity contribution in [1.29, 1.82) is 0 Å². The van der Waals surface area contributed by atoms with Gasteiger partial charge in [0.1, 0.15) is 5.01 Å². The van der Waals surface area contributed by atoms with Gasteiger partial charge in [0.25, 0.3) is 0 Å². The molecule has 3 amide bonds. The lowest BCUT2D eigenvalue weighted by atomic mass is 9.93. The maximum absolute atomic E-state index is 12.0. The van der Waals surface area contributed by atoms with E-state index in [0.29, 0.717) is 0 Å². The van der Waals surface area contributed by atoms with Crippen molar-refractivity contribution in [3.63, 3.8) is 0 Å². The van der Waals surface area contributed by atoms with E-state index in [9.17, 15) is 9.59 Å². The van der Waals surface area contributed by atoms with E-state index in [0.717, 1.165) is 16.3 Å². The molecule has 0 saturated heterocycles. The molecule has 1 atom stereocenters. The average Bonchev–Trinajstić information content (AvgIpc) is 3.04. The Kier molecular flexibility index (Phi) is 5.56. The van der Waals surface area contributed by atoms with Crippen molar-refractivity contribution in [2.45, 2.75) is 26.8 Å². The molecule has 0 spiro atoms. The number of aromatic nitrogens is 1. The normalized spacial score (nSPS) is 12.5. The second kappa shape index (κ2) is 7.44. The highest BCUT2D eigenvalue weighted by Crippen LogP contribution is 2.25. The molecule has 1 heterocycles. The van der Waals surface area contributed by atoms with Crippen LogP contribution >= 0.6 is 11.3 Å². The first kappa shape index (κ1) is 17.9. The molecule has 128 valence electrons. The molecule has 0 radical (unpaired) electrons. The molecule has 1 unspecified atom stereocenters. The van der Waals surface area contributed by atoms with Crippen molar-refractivity contribution in [3.8, 4) is 11.3 Å². The number of nitrogens with one attached hydrogen (secondary N) is 2. The molecule has 0 aliphatic heterocycles. The van der Waals surface area contributed by atoms with Gasteiger partial charge in [-0.3, -0.25) is 4.79 Å². The summed E-state index contributed by atoms with van der Waals surface area (Å²) in [4.78, 5) is 27.8. The van der Waals surface area contributed by atoms with E-state index in [4.69, 9.17) is 5.73 Å². The zero-order valence-corrected chi connectivity index (χ0v) is 14.8. The second-order valence-corrected chi connectivity index (χ2v) is 7.12. The van der Waals surface area contributed by atoms with Crippen LogP contribution in [0.2, 0.25) is 0 Å². The summed E-state index contributed by atoms with van der Waals surface area (Å²) in [6.07, 6.45) is 0. The highest BCUT2D eigenvalue weighted by Gasteiger charge is 2.25. The summed E-state index contributed by atoms with van der Waals surface area (Å²) < 4.78 is 0. The standard InChI is InChI=1S/C17H22N4O2S/c1-11(20-16(23)19-10-17(2,3)15(18)22)14-21-13(9-24-14)12-7-5-4-6-8-12/h4-9,11H,10H2,1-3H3,(H2,18,22)(H2,19,20,23). The van der Waals surface area contributed by atoms with Crippen LogP contribution in [0, 0.1) is 5.41 Å². The van der Waals surface area contributed by atoms with E-state index >= 15 is 0 Å². The number of nitrogens with zero attached hydrogens (tertiary/aromatic N) is 1. The number of urea groups is 1. The van der Waals surface area contributed by atoms with Crippen molar-refractivity contribution in [1.82, 2.24) is 15.6 Å². The SMILES string of the molecule is CC(NC(=O)NCC(C)(C)C(N)=O)c1nc(-c2ccccc2)cs1. The Balaban J connectivity index is 1.93. The van der Waals surface area contributed by atoms with Crippen LogP contribution in [0.3, 0.4) is 0 Å². The first-order chi connectivity index (χ1) is 11.3. The van der Waals surface area contributed by atoms with Crippen molar-refractivity contribution >= 4 is 23.3 Å². The first-order valence-corrected chi connectivity index (χ1v) is 8.52. The number of benzene rings is 1. The lowest BCUT2D eigenvalue weighted by Gasteiger charge is -2.21. The Bertz CT molecular complexity index is 712. The van der Waals surface area contributed by atoms with Gasteiger partial charge in [0, 0.05) is 17.5 Å². The molecule has 24 heavy (non-hydrogen) atoms. The molecular weight excluding hydrogens is 324 g/mol. The molecule has 2 aromatic rings. The van der Waals surface area contributed by atoms with Crippen LogP contribution in [0.5, 0.6) is 0 Å². The summed E-state index contributed by atoms with van der Waals surface area (Å²) in [6, 6.07) is 9.29. The van der Waals surface area contributed by atoms with Crippen LogP contribution in [0.25, 0.3) is 11.3 Å². The highest BCUT2D eigenvalue weighted by molar-refractivity contribution is 7.10. The van der Waals surface area contributed by atoms with Crippen LogP contribution in [0.4, 0.5) is 4.79 Å². The summed E-state index contributed by atoms with van der Waals surface area (Å²) in [6.45, 7) is 5.42. The van der Waals surface area contributed by atoms with Gasteiger partial charge in [-0.2, -0.15) is 0 Å². The molecule has 1 aromatic heterocycles. The number of amides is 3. The molecule has 4 N–H and O–H groups in total. The summed E-state index contributed by atoms with van der Waals surface area (Å²) in [5, 5.41) is 8.27. The van der Waals surface area contributed by atoms with Gasteiger partial charge in [-0.25, -0.2) is 9.78 Å². The first-order valence-electron chi connectivity index (χ1n) is 7.65. The minimum atomic E-state index is -0.789. The Morgan fingerprint density at radius 3 is 2.58 bits per heavy atom. The lowest BCUT2D eigenvalue weighted by molar-refractivity contribution is -0.125. The summed E-state index contributed by atoms with van der Waals surface area (Å²) in [5.41, 5.74) is 6.43. The van der Waals surface area contributed by atoms with E-state index in [2.05, 4.69) is 15.6 Å². The number of thiazole rings is 1. The van der Waals surface area contributed by atoms with Crippen molar-refractivity contribution in [2.75, 3.05) is 6.54 Å². The van der Waals surface area contributed by atoms with Crippen LogP contribution < -0.4 is 16.4 Å². The Morgan fingerprint density at radius 2 is 1.96 bits per heavy atom. The number of hydrogen-bond acceptors (Lipinski definition) is 4. The van der Waals surface area contributed by atoms with Crippen LogP contribution in [-0.2, 0) is 4.79 Å². The number of carbonyl (C=O) groups excluding carboxylic acids is 2. The topological polar surface area (TPSA) is 97.1 Å². The largest absolute Gasteiger partial charge is 0.369 e. The average molecular weight is 346 g/mol. The summed E-state index contributed by atoms with van der Waals surface area (Å²) in [7, 11) is 0. The molecule has 0 bridgehead atoms. The van der Waals surface area contributed by atoms with Gasteiger partial charge in [0.05, 0.1) is 17.2 Å². The Hall–Kier alpha value is -2.41. The summed E-state index contributed by atoms with van der Waals surface area (Å²) >= 11 is 1.50. The molecular formula is C17H22N4O2S. The number of carbonyl (C=O) groups is 2. The van der Waals surface area contributed by atoms with Crippen LogP contribution in [0.15, 0.2) is 35.7 Å². The Labute approximate surface area is 145 Å². The predicted molar refractivity (Wildman–Crippen MR) is 95.5 cm³/mol. The van der Waals surface area contributed by atoms with Gasteiger partial charge in [-0.05, 0) is 20.8 Å². The number of nitrogens with two attached hydrogens (primary N) is 1. The van der Waals surface area contributed by atoms with Gasteiger partial charge in [-0.1, -0.05) is 30.3 Å². The smallest absolute Gasteiger partial charge is 0.315 e. The number of hydrogen-bond donors (Lipinski definition) is 3.